The van der Waals surface area contributed by atoms with Crippen molar-refractivity contribution in [3.05, 3.63) is 83.9 Å². The average molecular weight is 710 g/mol. The molecule has 2 fully saturated rings. The molecule has 2 saturated carbocycles. The van der Waals surface area contributed by atoms with E-state index in [0.29, 0.717) is 0 Å². The molecule has 1 aromatic heterocycles. The minimum Gasteiger partial charge on any atom is -0.481 e. The number of carbonyl (C=O) groups excluding carboxylic acids is 4. The zero-order valence-electron chi connectivity index (χ0n) is 29.8. The monoisotopic (exact) mass is 709 g/mol. The maximum absolute atomic E-state index is 14.0. The van der Waals surface area contributed by atoms with E-state index in [4.69, 9.17) is 4.74 Å². The van der Waals surface area contributed by atoms with Crippen LogP contribution in [0.2, 0.25) is 0 Å². The molecule has 1 unspecified atom stereocenters. The molecule has 3 amide bonds. The second-order valence-electron chi connectivity index (χ2n) is 15.3. The Morgan fingerprint density at radius 3 is 2.12 bits per heavy atom. The first-order valence-electron chi connectivity index (χ1n) is 18.2. The summed E-state index contributed by atoms with van der Waals surface area (Å²) in [6.07, 6.45) is 8.64. The predicted molar refractivity (Wildman–Crippen MR) is 192 cm³/mol. The van der Waals surface area contributed by atoms with Gasteiger partial charge < -0.3 is 25.8 Å². The van der Waals surface area contributed by atoms with E-state index in [1.165, 1.54) is 18.6 Å². The van der Waals surface area contributed by atoms with Gasteiger partial charge in [0.1, 0.15) is 24.4 Å². The molecular weight excluding hydrogens is 662 g/mol. The number of hydrogen-bond acceptors (Lipinski definition) is 8. The summed E-state index contributed by atoms with van der Waals surface area (Å²) in [5.74, 6) is -5.25. The molecule has 12 nitrogen and oxygen atoms in total. The summed E-state index contributed by atoms with van der Waals surface area (Å²) in [7, 11) is 0. The molecule has 0 aliphatic heterocycles. The summed E-state index contributed by atoms with van der Waals surface area (Å²) < 4.78 is 5.86. The van der Waals surface area contributed by atoms with Gasteiger partial charge in [0, 0.05) is 24.4 Å². The van der Waals surface area contributed by atoms with E-state index in [-0.39, 0.29) is 37.0 Å². The van der Waals surface area contributed by atoms with E-state index >= 15 is 0 Å². The molecule has 12 heteroatoms. The number of carboxylic acids is 1. The molecule has 3 aliphatic rings. The summed E-state index contributed by atoms with van der Waals surface area (Å²) >= 11 is 0. The first kappa shape index (κ1) is 36.7. The molecule has 5 atom stereocenters. The van der Waals surface area contributed by atoms with Gasteiger partial charge in [-0.25, -0.2) is 4.98 Å². The van der Waals surface area contributed by atoms with Crippen molar-refractivity contribution in [1.82, 2.24) is 25.9 Å². The molecule has 0 saturated heterocycles. The fourth-order valence-corrected chi connectivity index (χ4v) is 8.06. The fraction of sp³-hybridized carbons (Fsp3) is 0.475. The van der Waals surface area contributed by atoms with Crippen LogP contribution in [0.5, 0.6) is 0 Å². The summed E-state index contributed by atoms with van der Waals surface area (Å²) in [6, 6.07) is 13.2. The van der Waals surface area contributed by atoms with Gasteiger partial charge in [0.15, 0.2) is 0 Å². The molecule has 0 bridgehead atoms. The van der Waals surface area contributed by atoms with E-state index in [1.54, 1.807) is 20.8 Å². The van der Waals surface area contributed by atoms with Gasteiger partial charge in [-0.3, -0.25) is 29.0 Å². The van der Waals surface area contributed by atoms with Crippen LogP contribution < -0.4 is 16.0 Å². The Kier molecular flexibility index (Phi) is 11.0. The Morgan fingerprint density at radius 1 is 0.865 bits per heavy atom. The van der Waals surface area contributed by atoms with E-state index in [1.807, 2.05) is 36.4 Å². The SMILES string of the molecule is CC(C)(C)[C@H](NC(=O)[C@@H](NC(=O)c1cnccn1)C1CCCCC1)C(=O)N[C@H]1CC(C(=O)OCC2c3ccccc3-c3ccccc32)C[C@H]1C(=O)O. The van der Waals surface area contributed by atoms with Crippen molar-refractivity contribution in [2.75, 3.05) is 6.61 Å². The number of esters is 1. The second-order valence-corrected chi connectivity index (χ2v) is 15.3. The van der Waals surface area contributed by atoms with Crippen molar-refractivity contribution in [2.24, 2.45) is 23.2 Å². The molecule has 3 aromatic rings. The second kappa shape index (κ2) is 15.6. The summed E-state index contributed by atoms with van der Waals surface area (Å²) in [5.41, 5.74) is 3.65. The summed E-state index contributed by atoms with van der Waals surface area (Å²) in [4.78, 5) is 74.9. The lowest BCUT2D eigenvalue weighted by Gasteiger charge is -2.35. The predicted octanol–water partition coefficient (Wildman–Crippen LogP) is 4.64. The highest BCUT2D eigenvalue weighted by molar-refractivity contribution is 5.97. The molecule has 0 spiro atoms. The molecule has 6 rings (SSSR count). The smallest absolute Gasteiger partial charge is 0.309 e. The highest BCUT2D eigenvalue weighted by Crippen LogP contribution is 2.45. The molecule has 0 radical (unpaired) electrons. The van der Waals surface area contributed by atoms with Crippen molar-refractivity contribution < 1.29 is 33.8 Å². The van der Waals surface area contributed by atoms with E-state index in [2.05, 4.69) is 38.1 Å². The minimum atomic E-state index is -1.13. The third-order valence-corrected chi connectivity index (χ3v) is 10.8. The van der Waals surface area contributed by atoms with Gasteiger partial charge in [0.05, 0.1) is 18.0 Å². The van der Waals surface area contributed by atoms with Gasteiger partial charge in [-0.15, -0.1) is 0 Å². The zero-order chi connectivity index (χ0) is 37.0. The number of amides is 3. The first-order chi connectivity index (χ1) is 24.9. The number of ether oxygens (including phenoxy) is 1. The molecular formula is C40H47N5O7. The van der Waals surface area contributed by atoms with Crippen molar-refractivity contribution >= 4 is 29.7 Å². The van der Waals surface area contributed by atoms with E-state index in [0.717, 1.165) is 54.4 Å². The van der Waals surface area contributed by atoms with Crippen molar-refractivity contribution in [3.8, 4) is 11.1 Å². The Morgan fingerprint density at radius 2 is 1.52 bits per heavy atom. The number of aromatic nitrogens is 2. The Bertz CT molecular complexity index is 1760. The molecule has 52 heavy (non-hydrogen) atoms. The molecule has 274 valence electrons. The number of hydrogen-bond donors (Lipinski definition) is 4. The quantitative estimate of drug-likeness (QED) is 0.207. The molecule has 2 aromatic carbocycles. The van der Waals surface area contributed by atoms with Crippen LogP contribution in [-0.4, -0.2) is 69.5 Å². The highest BCUT2D eigenvalue weighted by atomic mass is 16.5. The standard InChI is InChI=1S/C40H47N5O7/c1-40(2,3)34(45-36(47)33(23-11-5-4-6-12-23)44-35(46)32-21-41-17-18-42-32)37(48)43-31-20-24(19-29(31)38(49)50)39(51)52-22-30-27-15-9-7-13-25(27)26-14-8-10-16-28(26)30/h7-10,13-18,21,23-24,29-31,33-34H,4-6,11-12,19-20,22H2,1-3H3,(H,43,48)(H,44,46)(H,45,47)(H,49,50)/t24?,29-,31+,33+,34-/m1/s1. The molecule has 3 aliphatic carbocycles. The minimum absolute atomic E-state index is 0.0155. The summed E-state index contributed by atoms with van der Waals surface area (Å²) in [5, 5.41) is 18.7. The van der Waals surface area contributed by atoms with Crippen LogP contribution in [0.15, 0.2) is 67.1 Å². The topological polar surface area (TPSA) is 177 Å². The zero-order valence-corrected chi connectivity index (χ0v) is 29.8. The van der Waals surface area contributed by atoms with Gasteiger partial charge in [0.2, 0.25) is 11.8 Å². The number of carbonyl (C=O) groups is 5. The van der Waals surface area contributed by atoms with Crippen molar-refractivity contribution in [3.63, 3.8) is 0 Å². The number of benzene rings is 2. The lowest BCUT2D eigenvalue weighted by atomic mass is 9.82. The van der Waals surface area contributed by atoms with Crippen LogP contribution in [0, 0.1) is 23.2 Å². The Balaban J connectivity index is 1.12. The van der Waals surface area contributed by atoms with Gasteiger partial charge in [-0.1, -0.05) is 88.6 Å². The third kappa shape index (κ3) is 8.00. The van der Waals surface area contributed by atoms with Gasteiger partial charge in [0.25, 0.3) is 5.91 Å². The summed E-state index contributed by atoms with van der Waals surface area (Å²) in [6.45, 7) is 5.52. The molecule has 4 N–H and O–H groups in total. The maximum Gasteiger partial charge on any atom is 0.309 e. The van der Waals surface area contributed by atoms with E-state index in [9.17, 15) is 29.1 Å². The van der Waals surface area contributed by atoms with Crippen LogP contribution in [0.25, 0.3) is 11.1 Å². The molecule has 1 heterocycles. The Hall–Kier alpha value is -5.13. The number of fused-ring (bicyclic) bond motifs is 3. The highest BCUT2D eigenvalue weighted by Gasteiger charge is 2.46. The van der Waals surface area contributed by atoms with Gasteiger partial charge >= 0.3 is 11.9 Å². The van der Waals surface area contributed by atoms with Gasteiger partial charge in [-0.05, 0) is 59.3 Å². The number of nitrogens with one attached hydrogen (secondary N) is 3. The van der Waals surface area contributed by atoms with Crippen LogP contribution in [0.3, 0.4) is 0 Å². The van der Waals surface area contributed by atoms with E-state index < -0.39 is 65.0 Å². The number of nitrogens with zero attached hydrogens (tertiary/aromatic N) is 2. The van der Waals surface area contributed by atoms with Crippen LogP contribution >= 0.6 is 0 Å². The van der Waals surface area contributed by atoms with Crippen molar-refractivity contribution in [1.29, 1.82) is 0 Å². The van der Waals surface area contributed by atoms with Crippen LogP contribution in [-0.2, 0) is 23.9 Å². The lowest BCUT2D eigenvalue weighted by molar-refractivity contribution is -0.149. The maximum atomic E-state index is 14.0. The Labute approximate surface area is 303 Å². The third-order valence-electron chi connectivity index (χ3n) is 10.8. The fourth-order valence-electron chi connectivity index (χ4n) is 8.06. The number of aliphatic carboxylic acids is 1. The van der Waals surface area contributed by atoms with Crippen LogP contribution in [0.4, 0.5) is 0 Å². The lowest BCUT2D eigenvalue weighted by Crippen LogP contribution is -2.60. The first-order valence-corrected chi connectivity index (χ1v) is 18.2. The normalized spacial score (nSPS) is 21.2. The largest absolute Gasteiger partial charge is 0.481 e. The van der Waals surface area contributed by atoms with Gasteiger partial charge in [-0.2, -0.15) is 0 Å². The van der Waals surface area contributed by atoms with Crippen LogP contribution in [0.1, 0.15) is 93.3 Å². The van der Waals surface area contributed by atoms with Crippen molar-refractivity contribution in [2.45, 2.75) is 89.8 Å². The average Bonchev–Trinajstić information content (AvgIpc) is 3.71. The number of rotatable bonds is 11. The number of carboxylic acid groups (broad SMARTS) is 1.